The molecular weight excluding hydrogens is 488 g/mol. The van der Waals surface area contributed by atoms with Crippen LogP contribution in [-0.4, -0.2) is 50.8 Å². The van der Waals surface area contributed by atoms with Crippen molar-refractivity contribution in [1.29, 1.82) is 0 Å². The lowest BCUT2D eigenvalue weighted by Crippen LogP contribution is -2.13. The summed E-state index contributed by atoms with van der Waals surface area (Å²) in [6.45, 7) is 2.02. The Morgan fingerprint density at radius 2 is 1.73 bits per heavy atom. The molecule has 2 amide bonds. The second kappa shape index (κ2) is 10.9. The van der Waals surface area contributed by atoms with Gasteiger partial charge in [-0.15, -0.1) is 20.4 Å². The Bertz CT molecular complexity index is 1040. The summed E-state index contributed by atoms with van der Waals surface area (Å²) in [5.41, 5.74) is 0.284. The zero-order chi connectivity index (χ0) is 21.5. The number of thioether (sulfide) groups is 2. The molecular formula is C16H15ClN6O3S4. The van der Waals surface area contributed by atoms with E-state index < -0.39 is 5.91 Å². The van der Waals surface area contributed by atoms with E-state index in [-0.39, 0.29) is 17.2 Å². The highest BCUT2D eigenvalue weighted by atomic mass is 35.5. The summed E-state index contributed by atoms with van der Waals surface area (Å²) in [6, 6.07) is 4.75. The second-order valence-corrected chi connectivity index (χ2v) is 10.4. The maximum atomic E-state index is 12.5. The first-order chi connectivity index (χ1) is 14.5. The van der Waals surface area contributed by atoms with Crippen LogP contribution in [0, 0.1) is 0 Å². The number of halogens is 1. The van der Waals surface area contributed by atoms with E-state index in [1.807, 2.05) is 6.92 Å². The number of amides is 2. The van der Waals surface area contributed by atoms with Gasteiger partial charge in [-0.05, 0) is 24.0 Å². The SMILES string of the molecule is CCSc1nnc(NC(=O)CSc2nnc(NC(=O)c3cc(Cl)ccc3OC)s2)s1. The molecule has 14 heteroatoms. The van der Waals surface area contributed by atoms with Crippen LogP contribution in [0.3, 0.4) is 0 Å². The predicted octanol–water partition coefficient (Wildman–Crippen LogP) is 4.15. The van der Waals surface area contributed by atoms with E-state index in [1.165, 1.54) is 36.3 Å². The molecule has 0 bridgehead atoms. The van der Waals surface area contributed by atoms with Crippen molar-refractivity contribution in [3.05, 3.63) is 28.8 Å². The van der Waals surface area contributed by atoms with Gasteiger partial charge in [0.25, 0.3) is 5.91 Å². The Balaban J connectivity index is 1.53. The number of carbonyl (C=O) groups is 2. The Kier molecular flexibility index (Phi) is 8.27. The van der Waals surface area contributed by atoms with Crippen molar-refractivity contribution >= 4 is 79.9 Å². The molecule has 0 radical (unpaired) electrons. The van der Waals surface area contributed by atoms with Gasteiger partial charge in [0.15, 0.2) is 8.68 Å². The van der Waals surface area contributed by atoms with Crippen molar-refractivity contribution in [2.24, 2.45) is 0 Å². The monoisotopic (exact) mass is 502 g/mol. The van der Waals surface area contributed by atoms with Crippen molar-refractivity contribution in [1.82, 2.24) is 20.4 Å². The minimum atomic E-state index is -0.420. The maximum Gasteiger partial charge on any atom is 0.261 e. The molecule has 0 spiro atoms. The molecule has 9 nitrogen and oxygen atoms in total. The molecule has 0 aliphatic rings. The number of rotatable bonds is 9. The van der Waals surface area contributed by atoms with E-state index in [2.05, 4.69) is 31.0 Å². The molecule has 0 saturated carbocycles. The number of anilines is 2. The minimum Gasteiger partial charge on any atom is -0.496 e. The predicted molar refractivity (Wildman–Crippen MR) is 122 cm³/mol. The zero-order valence-corrected chi connectivity index (χ0v) is 19.7. The third-order valence-electron chi connectivity index (χ3n) is 3.28. The second-order valence-electron chi connectivity index (χ2n) is 5.31. The summed E-state index contributed by atoms with van der Waals surface area (Å²) in [7, 11) is 1.47. The van der Waals surface area contributed by atoms with Crippen molar-refractivity contribution in [3.8, 4) is 5.75 Å². The average molecular weight is 503 g/mol. The smallest absolute Gasteiger partial charge is 0.261 e. The quantitative estimate of drug-likeness (QED) is 0.328. The summed E-state index contributed by atoms with van der Waals surface area (Å²) in [6.07, 6.45) is 0. The van der Waals surface area contributed by atoms with Crippen LogP contribution < -0.4 is 15.4 Å². The molecule has 0 saturated heterocycles. The molecule has 3 aromatic rings. The third-order valence-corrected chi connectivity index (χ3v) is 7.34. The van der Waals surface area contributed by atoms with Crippen LogP contribution in [0.25, 0.3) is 0 Å². The Labute approximate surface area is 193 Å². The van der Waals surface area contributed by atoms with Crippen LogP contribution in [0.15, 0.2) is 26.9 Å². The topological polar surface area (TPSA) is 119 Å². The van der Waals surface area contributed by atoms with Gasteiger partial charge in [-0.2, -0.15) is 0 Å². The van der Waals surface area contributed by atoms with Gasteiger partial charge >= 0.3 is 0 Å². The summed E-state index contributed by atoms with van der Waals surface area (Å²) >= 11 is 11.2. The molecule has 0 aliphatic heterocycles. The summed E-state index contributed by atoms with van der Waals surface area (Å²) in [4.78, 5) is 24.6. The third kappa shape index (κ3) is 6.28. The number of methoxy groups -OCH3 is 1. The van der Waals surface area contributed by atoms with Crippen LogP contribution in [0.4, 0.5) is 10.3 Å². The molecule has 2 aromatic heterocycles. The number of benzene rings is 1. The van der Waals surface area contributed by atoms with E-state index >= 15 is 0 Å². The van der Waals surface area contributed by atoms with Crippen molar-refractivity contribution in [2.75, 3.05) is 29.2 Å². The lowest BCUT2D eigenvalue weighted by molar-refractivity contribution is -0.113. The Morgan fingerprint density at radius 3 is 2.40 bits per heavy atom. The number of hydrogen-bond donors (Lipinski definition) is 2. The molecule has 0 atom stereocenters. The molecule has 2 heterocycles. The van der Waals surface area contributed by atoms with Gasteiger partial charge in [-0.1, -0.05) is 64.7 Å². The van der Waals surface area contributed by atoms with Crippen LogP contribution >= 0.6 is 57.8 Å². The highest BCUT2D eigenvalue weighted by Crippen LogP contribution is 2.29. The number of carbonyl (C=O) groups excluding carboxylic acids is 2. The van der Waals surface area contributed by atoms with Crippen molar-refractivity contribution in [2.45, 2.75) is 15.6 Å². The fraction of sp³-hybridized carbons (Fsp3) is 0.250. The number of hydrogen-bond acceptors (Lipinski definition) is 11. The van der Waals surface area contributed by atoms with Crippen LogP contribution in [0.1, 0.15) is 17.3 Å². The van der Waals surface area contributed by atoms with Crippen molar-refractivity contribution < 1.29 is 14.3 Å². The molecule has 0 unspecified atom stereocenters. The standard InChI is InChI=1S/C16H15ClN6O3S4/c1-3-27-15-22-20-13(29-15)18-11(24)7-28-16-23-21-14(30-16)19-12(25)9-6-8(17)4-5-10(9)26-2/h4-6H,3,7H2,1-2H3,(H,18,20,24)(H,19,21,25). The first kappa shape index (κ1) is 22.7. The molecule has 0 fully saturated rings. The van der Waals surface area contributed by atoms with Gasteiger partial charge in [0.2, 0.25) is 16.2 Å². The molecule has 0 aliphatic carbocycles. The van der Waals surface area contributed by atoms with Crippen LogP contribution in [0.2, 0.25) is 5.02 Å². The molecule has 30 heavy (non-hydrogen) atoms. The highest BCUT2D eigenvalue weighted by molar-refractivity contribution is 8.01. The fourth-order valence-electron chi connectivity index (χ4n) is 2.07. The van der Waals surface area contributed by atoms with E-state index in [1.54, 1.807) is 23.9 Å². The van der Waals surface area contributed by atoms with Gasteiger partial charge in [-0.25, -0.2) is 0 Å². The lowest BCUT2D eigenvalue weighted by atomic mass is 10.2. The van der Waals surface area contributed by atoms with Crippen LogP contribution in [0.5, 0.6) is 5.75 Å². The largest absolute Gasteiger partial charge is 0.496 e. The molecule has 3 rings (SSSR count). The Morgan fingerprint density at radius 1 is 1.07 bits per heavy atom. The van der Waals surface area contributed by atoms with E-state index in [9.17, 15) is 9.59 Å². The van der Waals surface area contributed by atoms with E-state index in [4.69, 9.17) is 16.3 Å². The highest BCUT2D eigenvalue weighted by Gasteiger charge is 2.16. The first-order valence-electron chi connectivity index (χ1n) is 8.35. The lowest BCUT2D eigenvalue weighted by Gasteiger charge is -2.07. The maximum absolute atomic E-state index is 12.5. The summed E-state index contributed by atoms with van der Waals surface area (Å²) in [5.74, 6) is 0.759. The summed E-state index contributed by atoms with van der Waals surface area (Å²) in [5, 5.41) is 22.4. The van der Waals surface area contributed by atoms with Gasteiger partial charge in [0.1, 0.15) is 5.75 Å². The van der Waals surface area contributed by atoms with Gasteiger partial charge in [-0.3, -0.25) is 20.2 Å². The number of ether oxygens (including phenoxy) is 1. The molecule has 1 aromatic carbocycles. The molecule has 158 valence electrons. The average Bonchev–Trinajstić information content (AvgIpc) is 3.36. The van der Waals surface area contributed by atoms with Crippen molar-refractivity contribution in [3.63, 3.8) is 0 Å². The van der Waals surface area contributed by atoms with E-state index in [0.29, 0.717) is 25.4 Å². The zero-order valence-electron chi connectivity index (χ0n) is 15.7. The van der Waals surface area contributed by atoms with Crippen LogP contribution in [-0.2, 0) is 4.79 Å². The first-order valence-corrected chi connectivity index (χ1v) is 12.3. The normalized spacial score (nSPS) is 10.6. The van der Waals surface area contributed by atoms with Gasteiger partial charge in [0.05, 0.1) is 18.4 Å². The molecule has 2 N–H and O–H groups in total. The van der Waals surface area contributed by atoms with E-state index in [0.717, 1.165) is 21.4 Å². The number of nitrogens with zero attached hydrogens (tertiary/aromatic N) is 4. The van der Waals surface area contributed by atoms with Gasteiger partial charge < -0.3 is 4.74 Å². The summed E-state index contributed by atoms with van der Waals surface area (Å²) < 4.78 is 6.53. The number of nitrogens with one attached hydrogen (secondary N) is 2. The van der Waals surface area contributed by atoms with Gasteiger partial charge in [0, 0.05) is 5.02 Å². The minimum absolute atomic E-state index is 0.126. The number of aromatic nitrogens is 4. The fourth-order valence-corrected chi connectivity index (χ4v) is 5.45. The Hall–Kier alpha value is -1.93.